The Kier molecular flexibility index (Phi) is 2.27. The first-order chi connectivity index (χ1) is 4.75. The highest BCUT2D eigenvalue weighted by atomic mass is 16.4. The van der Waals surface area contributed by atoms with Crippen LogP contribution in [0.4, 0.5) is 0 Å². The van der Waals surface area contributed by atoms with Crippen LogP contribution >= 0.6 is 0 Å². The van der Waals surface area contributed by atoms with Crippen molar-refractivity contribution in [2.24, 2.45) is 17.6 Å². The number of carboxylic acids is 1. The molecule has 0 radical (unpaired) electrons. The zero-order chi connectivity index (χ0) is 7.56. The molecule has 0 aromatic carbocycles. The zero-order valence-electron chi connectivity index (χ0n) is 5.92. The quantitative estimate of drug-likeness (QED) is 0.589. The molecule has 1 fully saturated rings. The van der Waals surface area contributed by atoms with Gasteiger partial charge in [-0.1, -0.05) is 6.42 Å². The third-order valence-corrected chi connectivity index (χ3v) is 2.28. The van der Waals surface area contributed by atoms with Gasteiger partial charge in [-0.25, -0.2) is 0 Å². The predicted octanol–water partition coefficient (Wildman–Crippen LogP) is 0.446. The molecule has 2 unspecified atom stereocenters. The number of hydrogen-bond donors (Lipinski definition) is 2. The van der Waals surface area contributed by atoms with Gasteiger partial charge in [0.15, 0.2) is 0 Å². The first-order valence-corrected chi connectivity index (χ1v) is 3.68. The van der Waals surface area contributed by atoms with E-state index in [2.05, 4.69) is 0 Å². The Morgan fingerprint density at radius 3 is 2.70 bits per heavy atom. The number of aliphatic carboxylic acids is 1. The second kappa shape index (κ2) is 3.01. The number of carboxylic acid groups (broad SMARTS) is 1. The van der Waals surface area contributed by atoms with Gasteiger partial charge in [0.25, 0.3) is 0 Å². The summed E-state index contributed by atoms with van der Waals surface area (Å²) >= 11 is 0. The van der Waals surface area contributed by atoms with Gasteiger partial charge in [-0.05, 0) is 25.3 Å². The van der Waals surface area contributed by atoms with E-state index < -0.39 is 5.97 Å². The van der Waals surface area contributed by atoms with Crippen molar-refractivity contribution in [2.45, 2.75) is 19.3 Å². The number of rotatable bonds is 2. The summed E-state index contributed by atoms with van der Waals surface area (Å²) in [7, 11) is 0. The van der Waals surface area contributed by atoms with Gasteiger partial charge in [-0.15, -0.1) is 0 Å². The Morgan fingerprint density at radius 1 is 1.60 bits per heavy atom. The normalized spacial score (nSPS) is 32.5. The van der Waals surface area contributed by atoms with Crippen LogP contribution in [0.3, 0.4) is 0 Å². The fourth-order valence-corrected chi connectivity index (χ4v) is 1.64. The summed E-state index contributed by atoms with van der Waals surface area (Å²) < 4.78 is 0. The Hall–Kier alpha value is -0.570. The predicted molar refractivity (Wildman–Crippen MR) is 37.5 cm³/mol. The van der Waals surface area contributed by atoms with E-state index in [1.807, 2.05) is 0 Å². The first-order valence-electron chi connectivity index (χ1n) is 3.68. The van der Waals surface area contributed by atoms with E-state index in [9.17, 15) is 4.79 Å². The van der Waals surface area contributed by atoms with E-state index in [1.54, 1.807) is 0 Å². The van der Waals surface area contributed by atoms with Gasteiger partial charge >= 0.3 is 5.97 Å². The van der Waals surface area contributed by atoms with E-state index in [0.717, 1.165) is 19.3 Å². The molecule has 3 nitrogen and oxygen atoms in total. The van der Waals surface area contributed by atoms with Crippen LogP contribution < -0.4 is 5.73 Å². The molecule has 3 heteroatoms. The minimum atomic E-state index is -0.673. The molecule has 1 rings (SSSR count). The van der Waals surface area contributed by atoms with Crippen molar-refractivity contribution in [2.75, 3.05) is 6.54 Å². The SMILES string of the molecule is NCC1CCCC1C(=O)O. The average Bonchev–Trinajstić information content (AvgIpc) is 2.33. The Morgan fingerprint density at radius 2 is 2.30 bits per heavy atom. The van der Waals surface area contributed by atoms with Crippen LogP contribution in [0.5, 0.6) is 0 Å². The average molecular weight is 143 g/mol. The molecule has 1 aliphatic rings. The maximum Gasteiger partial charge on any atom is 0.306 e. The standard InChI is InChI=1S/C7H13NO2/c8-4-5-2-1-3-6(5)7(9)10/h5-6H,1-4,8H2,(H,9,10). The molecule has 2 atom stereocenters. The van der Waals surface area contributed by atoms with E-state index in [-0.39, 0.29) is 11.8 Å². The highest BCUT2D eigenvalue weighted by Crippen LogP contribution is 2.30. The summed E-state index contributed by atoms with van der Waals surface area (Å²) in [5.74, 6) is -0.601. The second-order valence-electron chi connectivity index (χ2n) is 2.87. The Labute approximate surface area is 60.2 Å². The lowest BCUT2D eigenvalue weighted by Crippen LogP contribution is -2.24. The number of hydrogen-bond acceptors (Lipinski definition) is 2. The fourth-order valence-electron chi connectivity index (χ4n) is 1.64. The summed E-state index contributed by atoms with van der Waals surface area (Å²) in [6.07, 6.45) is 2.84. The summed E-state index contributed by atoms with van der Waals surface area (Å²) in [5, 5.41) is 8.66. The van der Waals surface area contributed by atoms with Crippen molar-refractivity contribution >= 4 is 5.97 Å². The van der Waals surface area contributed by atoms with Gasteiger partial charge in [0.2, 0.25) is 0 Å². The van der Waals surface area contributed by atoms with Crippen LogP contribution in [-0.4, -0.2) is 17.6 Å². The molecule has 3 N–H and O–H groups in total. The fraction of sp³-hybridized carbons (Fsp3) is 0.857. The summed E-state index contributed by atoms with van der Waals surface area (Å²) in [6.45, 7) is 0.525. The van der Waals surface area contributed by atoms with E-state index in [1.165, 1.54) is 0 Å². The highest BCUT2D eigenvalue weighted by molar-refractivity contribution is 5.70. The van der Waals surface area contributed by atoms with Crippen LogP contribution in [-0.2, 0) is 4.79 Å². The highest BCUT2D eigenvalue weighted by Gasteiger charge is 2.31. The van der Waals surface area contributed by atoms with Gasteiger partial charge in [-0.2, -0.15) is 0 Å². The lowest BCUT2D eigenvalue weighted by molar-refractivity contribution is -0.142. The third-order valence-electron chi connectivity index (χ3n) is 2.28. The van der Waals surface area contributed by atoms with Crippen molar-refractivity contribution in [1.82, 2.24) is 0 Å². The molecule has 0 heterocycles. The monoisotopic (exact) mass is 143 g/mol. The maximum absolute atomic E-state index is 10.5. The van der Waals surface area contributed by atoms with Crippen LogP contribution in [0.15, 0.2) is 0 Å². The van der Waals surface area contributed by atoms with Gasteiger partial charge in [0.05, 0.1) is 5.92 Å². The van der Waals surface area contributed by atoms with Crippen molar-refractivity contribution in [3.8, 4) is 0 Å². The summed E-state index contributed by atoms with van der Waals surface area (Å²) in [4.78, 5) is 10.5. The van der Waals surface area contributed by atoms with Crippen molar-refractivity contribution in [1.29, 1.82) is 0 Å². The molecule has 1 saturated carbocycles. The summed E-state index contributed by atoms with van der Waals surface area (Å²) in [6, 6.07) is 0. The molecule has 0 spiro atoms. The van der Waals surface area contributed by atoms with Crippen molar-refractivity contribution < 1.29 is 9.90 Å². The largest absolute Gasteiger partial charge is 0.481 e. The minimum Gasteiger partial charge on any atom is -0.481 e. The van der Waals surface area contributed by atoms with E-state index in [0.29, 0.717) is 6.54 Å². The van der Waals surface area contributed by atoms with Gasteiger partial charge < -0.3 is 10.8 Å². The Bertz CT molecular complexity index is 136. The number of carbonyl (C=O) groups is 1. The third kappa shape index (κ3) is 1.29. The summed E-state index contributed by atoms with van der Waals surface area (Å²) in [5.41, 5.74) is 5.40. The van der Waals surface area contributed by atoms with Crippen LogP contribution in [0.25, 0.3) is 0 Å². The van der Waals surface area contributed by atoms with Crippen molar-refractivity contribution in [3.05, 3.63) is 0 Å². The number of nitrogens with two attached hydrogens (primary N) is 1. The topological polar surface area (TPSA) is 63.3 Å². The lowest BCUT2D eigenvalue weighted by Gasteiger charge is -2.11. The molecular formula is C7H13NO2. The molecule has 0 aromatic heterocycles. The van der Waals surface area contributed by atoms with Crippen LogP contribution in [0, 0.1) is 11.8 Å². The molecule has 1 aliphatic carbocycles. The van der Waals surface area contributed by atoms with E-state index >= 15 is 0 Å². The minimum absolute atomic E-state index is 0.162. The van der Waals surface area contributed by atoms with Gasteiger partial charge in [0.1, 0.15) is 0 Å². The Balaban J connectivity index is 2.50. The maximum atomic E-state index is 10.5. The molecule has 0 bridgehead atoms. The van der Waals surface area contributed by atoms with Gasteiger partial charge in [0, 0.05) is 0 Å². The molecule has 58 valence electrons. The molecular weight excluding hydrogens is 130 g/mol. The lowest BCUT2D eigenvalue weighted by atomic mass is 9.97. The smallest absolute Gasteiger partial charge is 0.306 e. The molecule has 0 aromatic rings. The van der Waals surface area contributed by atoms with Crippen LogP contribution in [0.1, 0.15) is 19.3 Å². The zero-order valence-corrected chi connectivity index (χ0v) is 5.92. The van der Waals surface area contributed by atoms with Gasteiger partial charge in [-0.3, -0.25) is 4.79 Å². The molecule has 0 saturated heterocycles. The second-order valence-corrected chi connectivity index (χ2v) is 2.87. The molecule has 0 amide bonds. The van der Waals surface area contributed by atoms with E-state index in [4.69, 9.17) is 10.8 Å². The molecule has 0 aliphatic heterocycles. The molecule has 10 heavy (non-hydrogen) atoms. The van der Waals surface area contributed by atoms with Crippen molar-refractivity contribution in [3.63, 3.8) is 0 Å². The van der Waals surface area contributed by atoms with Crippen LogP contribution in [0.2, 0.25) is 0 Å². The first kappa shape index (κ1) is 7.54.